The fraction of sp³-hybridized carbons (Fsp3) is 0.400. The van der Waals surface area contributed by atoms with Crippen molar-refractivity contribution in [1.29, 1.82) is 0 Å². The van der Waals surface area contributed by atoms with Crippen molar-refractivity contribution in [3.8, 4) is 0 Å². The molecule has 0 aliphatic rings. The molecule has 2 aromatic rings. The summed E-state index contributed by atoms with van der Waals surface area (Å²) in [4.78, 5) is 11.6. The fourth-order valence-electron chi connectivity index (χ4n) is 1.41. The van der Waals surface area contributed by atoms with Gasteiger partial charge in [0.2, 0.25) is 0 Å². The lowest BCUT2D eigenvalue weighted by Gasteiger charge is -1.92. The van der Waals surface area contributed by atoms with E-state index in [1.165, 1.54) is 0 Å². The van der Waals surface area contributed by atoms with Crippen LogP contribution in [0.5, 0.6) is 0 Å². The lowest BCUT2D eigenvalue weighted by atomic mass is 10.2. The van der Waals surface area contributed by atoms with Gasteiger partial charge in [-0.05, 0) is 12.5 Å². The second-order valence-corrected chi connectivity index (χ2v) is 4.18. The first-order valence-electron chi connectivity index (χ1n) is 4.91. The van der Waals surface area contributed by atoms with Crippen molar-refractivity contribution in [2.75, 3.05) is 0 Å². The Bertz CT molecular complexity index is 440. The molecule has 80 valence electrons. The smallest absolute Gasteiger partial charge is 0.179 e. The zero-order valence-corrected chi connectivity index (χ0v) is 9.86. The van der Waals surface area contributed by atoms with Crippen molar-refractivity contribution in [3.63, 3.8) is 0 Å². The zero-order chi connectivity index (χ0) is 10.8. The van der Waals surface area contributed by atoms with Gasteiger partial charge in [-0.1, -0.05) is 36.5 Å². The molecule has 2 heterocycles. The van der Waals surface area contributed by atoms with E-state index in [4.69, 9.17) is 23.2 Å². The number of rotatable bonds is 3. The number of nitrogens with one attached hydrogen (secondary N) is 1. The number of aromatic nitrogens is 3. The Kier molecular flexibility index (Phi) is 3.12. The Labute approximate surface area is 97.8 Å². The van der Waals surface area contributed by atoms with Crippen LogP contribution in [0.1, 0.15) is 25.6 Å². The van der Waals surface area contributed by atoms with E-state index in [9.17, 15) is 0 Å². The molecule has 0 aliphatic heterocycles. The number of H-pyrrole nitrogens is 1. The summed E-state index contributed by atoms with van der Waals surface area (Å²) in [5.41, 5.74) is 1.48. The van der Waals surface area contributed by atoms with E-state index < -0.39 is 0 Å². The number of hydrogen-bond acceptors (Lipinski definition) is 2. The monoisotopic (exact) mass is 243 g/mol. The lowest BCUT2D eigenvalue weighted by Crippen LogP contribution is -1.86. The van der Waals surface area contributed by atoms with Crippen LogP contribution in [0.15, 0.2) is 6.07 Å². The van der Waals surface area contributed by atoms with Gasteiger partial charge in [-0.3, -0.25) is 0 Å². The van der Waals surface area contributed by atoms with Crippen LogP contribution in [-0.2, 0) is 6.42 Å². The Morgan fingerprint density at radius 1 is 1.33 bits per heavy atom. The Hall–Kier alpha value is -0.800. The second-order valence-electron chi connectivity index (χ2n) is 3.42. The normalized spacial score (nSPS) is 11.1. The molecule has 3 nitrogen and oxygen atoms in total. The number of imidazole rings is 1. The second kappa shape index (κ2) is 4.37. The van der Waals surface area contributed by atoms with Gasteiger partial charge in [0, 0.05) is 6.42 Å². The van der Waals surface area contributed by atoms with E-state index in [1.54, 1.807) is 6.07 Å². The summed E-state index contributed by atoms with van der Waals surface area (Å²) >= 11 is 11.7. The number of aromatic amines is 1. The van der Waals surface area contributed by atoms with Gasteiger partial charge in [-0.25, -0.2) is 9.97 Å². The summed E-state index contributed by atoms with van der Waals surface area (Å²) in [6, 6.07) is 1.76. The highest BCUT2D eigenvalue weighted by Crippen LogP contribution is 2.23. The third-order valence-corrected chi connectivity index (χ3v) is 2.87. The molecule has 0 unspecified atom stereocenters. The van der Waals surface area contributed by atoms with E-state index in [-0.39, 0.29) is 0 Å². The van der Waals surface area contributed by atoms with Crippen LogP contribution in [0.25, 0.3) is 11.2 Å². The number of halogens is 2. The van der Waals surface area contributed by atoms with Crippen molar-refractivity contribution >= 4 is 34.4 Å². The standard InChI is InChI=1S/C10H11Cl2N3/c1-2-3-4-8-13-7-5-6(11)9(12)15-10(7)14-8/h5H,2-4H2,1H3,(H,13,14,15). The average molecular weight is 244 g/mol. The molecule has 0 bridgehead atoms. The maximum absolute atomic E-state index is 5.86. The highest BCUT2D eigenvalue weighted by Gasteiger charge is 2.07. The van der Waals surface area contributed by atoms with Gasteiger partial charge in [0.25, 0.3) is 0 Å². The van der Waals surface area contributed by atoms with Crippen LogP contribution in [0.3, 0.4) is 0 Å². The molecule has 0 aliphatic carbocycles. The molecular weight excluding hydrogens is 233 g/mol. The number of pyridine rings is 1. The number of unbranched alkanes of at least 4 members (excludes halogenated alkanes) is 1. The molecule has 0 saturated heterocycles. The van der Waals surface area contributed by atoms with Gasteiger partial charge < -0.3 is 4.98 Å². The summed E-state index contributed by atoms with van der Waals surface area (Å²) in [5.74, 6) is 0.942. The molecule has 0 amide bonds. The van der Waals surface area contributed by atoms with E-state index in [0.717, 1.165) is 30.6 Å². The van der Waals surface area contributed by atoms with E-state index in [2.05, 4.69) is 21.9 Å². The first-order valence-corrected chi connectivity index (χ1v) is 5.67. The number of hydrogen-bond donors (Lipinski definition) is 1. The van der Waals surface area contributed by atoms with Gasteiger partial charge in [0.1, 0.15) is 11.0 Å². The number of aryl methyl sites for hydroxylation is 1. The van der Waals surface area contributed by atoms with Gasteiger partial charge in [0.15, 0.2) is 5.65 Å². The summed E-state index contributed by atoms with van der Waals surface area (Å²) in [6.07, 6.45) is 3.19. The molecule has 0 fully saturated rings. The molecule has 0 atom stereocenters. The van der Waals surface area contributed by atoms with Crippen molar-refractivity contribution in [2.45, 2.75) is 26.2 Å². The topological polar surface area (TPSA) is 41.6 Å². The summed E-state index contributed by atoms with van der Waals surface area (Å²) < 4.78 is 0. The zero-order valence-electron chi connectivity index (χ0n) is 8.35. The van der Waals surface area contributed by atoms with Crippen molar-refractivity contribution < 1.29 is 0 Å². The molecule has 1 N–H and O–H groups in total. The molecule has 2 rings (SSSR count). The maximum Gasteiger partial charge on any atom is 0.179 e. The van der Waals surface area contributed by atoms with E-state index in [0.29, 0.717) is 15.8 Å². The van der Waals surface area contributed by atoms with E-state index in [1.807, 2.05) is 0 Å². The highest BCUT2D eigenvalue weighted by molar-refractivity contribution is 6.41. The SMILES string of the molecule is CCCCc1nc2nc(Cl)c(Cl)cc2[nH]1. The first-order chi connectivity index (χ1) is 7.20. The Balaban J connectivity index is 2.38. The molecule has 0 aromatic carbocycles. The number of fused-ring (bicyclic) bond motifs is 1. The Morgan fingerprint density at radius 2 is 2.13 bits per heavy atom. The first kappa shape index (κ1) is 10.7. The molecule has 2 aromatic heterocycles. The molecule has 15 heavy (non-hydrogen) atoms. The third kappa shape index (κ3) is 2.24. The number of nitrogens with zero attached hydrogens (tertiary/aromatic N) is 2. The molecule has 0 saturated carbocycles. The quantitative estimate of drug-likeness (QED) is 0.838. The predicted molar refractivity (Wildman–Crippen MR) is 62.5 cm³/mol. The van der Waals surface area contributed by atoms with Crippen LogP contribution >= 0.6 is 23.2 Å². The minimum absolute atomic E-state index is 0.303. The van der Waals surface area contributed by atoms with Crippen LogP contribution in [-0.4, -0.2) is 15.0 Å². The average Bonchev–Trinajstić information content (AvgIpc) is 2.58. The summed E-state index contributed by atoms with van der Waals surface area (Å²) in [5, 5.41) is 0.757. The van der Waals surface area contributed by atoms with Gasteiger partial charge in [-0.15, -0.1) is 0 Å². The van der Waals surface area contributed by atoms with Crippen molar-refractivity contribution in [3.05, 3.63) is 22.1 Å². The van der Waals surface area contributed by atoms with Gasteiger partial charge in [0.05, 0.1) is 10.5 Å². The minimum Gasteiger partial charge on any atom is -0.341 e. The predicted octanol–water partition coefficient (Wildman–Crippen LogP) is 3.61. The van der Waals surface area contributed by atoms with E-state index >= 15 is 0 Å². The molecular formula is C10H11Cl2N3. The summed E-state index contributed by atoms with van der Waals surface area (Å²) in [6.45, 7) is 2.15. The van der Waals surface area contributed by atoms with Crippen LogP contribution in [0.2, 0.25) is 10.2 Å². The minimum atomic E-state index is 0.303. The van der Waals surface area contributed by atoms with Crippen molar-refractivity contribution in [2.24, 2.45) is 0 Å². The summed E-state index contributed by atoms with van der Waals surface area (Å²) in [7, 11) is 0. The fourth-order valence-corrected chi connectivity index (χ4v) is 1.69. The van der Waals surface area contributed by atoms with Gasteiger partial charge >= 0.3 is 0 Å². The van der Waals surface area contributed by atoms with Crippen LogP contribution < -0.4 is 0 Å². The third-order valence-electron chi connectivity index (χ3n) is 2.20. The van der Waals surface area contributed by atoms with Crippen molar-refractivity contribution in [1.82, 2.24) is 15.0 Å². The van der Waals surface area contributed by atoms with Crippen LogP contribution in [0.4, 0.5) is 0 Å². The van der Waals surface area contributed by atoms with Gasteiger partial charge in [-0.2, -0.15) is 0 Å². The highest BCUT2D eigenvalue weighted by atomic mass is 35.5. The Morgan fingerprint density at radius 3 is 2.87 bits per heavy atom. The van der Waals surface area contributed by atoms with Crippen LogP contribution in [0, 0.1) is 0 Å². The molecule has 0 spiro atoms. The lowest BCUT2D eigenvalue weighted by molar-refractivity contribution is 0.764. The molecule has 0 radical (unpaired) electrons. The largest absolute Gasteiger partial charge is 0.341 e. The molecule has 5 heteroatoms. The maximum atomic E-state index is 5.86.